The lowest BCUT2D eigenvalue weighted by Gasteiger charge is -2.24. The summed E-state index contributed by atoms with van der Waals surface area (Å²) in [4.78, 5) is 30.2. The van der Waals surface area contributed by atoms with Gasteiger partial charge in [-0.3, -0.25) is 9.59 Å². The maximum absolute atomic E-state index is 13.3. The van der Waals surface area contributed by atoms with E-state index in [1.54, 1.807) is 23.1 Å². The van der Waals surface area contributed by atoms with Crippen LogP contribution in [0.5, 0.6) is 0 Å². The molecule has 2 amide bonds. The van der Waals surface area contributed by atoms with Gasteiger partial charge in [0.1, 0.15) is 11.9 Å². The molecular formula is C22H21BrFN3O2. The Morgan fingerprint density at radius 2 is 2.00 bits per heavy atom. The van der Waals surface area contributed by atoms with Crippen LogP contribution in [0.15, 0.2) is 53.1 Å². The van der Waals surface area contributed by atoms with Gasteiger partial charge in [-0.15, -0.1) is 0 Å². The molecular weight excluding hydrogens is 437 g/mol. The van der Waals surface area contributed by atoms with E-state index in [1.165, 1.54) is 12.1 Å². The SMILES string of the molecule is O=C(NCCc1c[nH]c2cc(F)ccc12)C1CCCN1C(=O)c1ccc(Br)cc1. The van der Waals surface area contributed by atoms with Crippen molar-refractivity contribution in [3.63, 3.8) is 0 Å². The molecule has 0 bridgehead atoms. The lowest BCUT2D eigenvalue weighted by Crippen LogP contribution is -2.46. The molecule has 1 fully saturated rings. The number of aromatic nitrogens is 1. The second-order valence-corrected chi connectivity index (χ2v) is 8.12. The second kappa shape index (κ2) is 8.37. The van der Waals surface area contributed by atoms with E-state index in [0.29, 0.717) is 31.5 Å². The lowest BCUT2D eigenvalue weighted by atomic mass is 10.1. The van der Waals surface area contributed by atoms with Crippen molar-refractivity contribution in [2.75, 3.05) is 13.1 Å². The van der Waals surface area contributed by atoms with Gasteiger partial charge in [0.2, 0.25) is 5.91 Å². The van der Waals surface area contributed by atoms with Crippen LogP contribution in [0.1, 0.15) is 28.8 Å². The molecule has 0 aliphatic carbocycles. The van der Waals surface area contributed by atoms with Gasteiger partial charge in [0.25, 0.3) is 5.91 Å². The number of nitrogens with one attached hydrogen (secondary N) is 2. The molecule has 3 aromatic rings. The summed E-state index contributed by atoms with van der Waals surface area (Å²) >= 11 is 3.37. The number of aromatic amines is 1. The zero-order valence-electron chi connectivity index (χ0n) is 15.8. The molecule has 2 aromatic carbocycles. The summed E-state index contributed by atoms with van der Waals surface area (Å²) in [5.41, 5.74) is 2.35. The molecule has 5 nitrogen and oxygen atoms in total. The first-order valence-electron chi connectivity index (χ1n) is 9.63. The van der Waals surface area contributed by atoms with E-state index in [0.717, 1.165) is 27.4 Å². The molecule has 2 N–H and O–H groups in total. The highest BCUT2D eigenvalue weighted by molar-refractivity contribution is 9.10. The number of halogens is 2. The minimum Gasteiger partial charge on any atom is -0.361 e. The zero-order valence-corrected chi connectivity index (χ0v) is 17.3. The number of fused-ring (bicyclic) bond motifs is 1. The van der Waals surface area contributed by atoms with Crippen molar-refractivity contribution in [3.05, 3.63) is 70.1 Å². The number of amides is 2. The molecule has 1 aliphatic rings. The molecule has 0 spiro atoms. The summed E-state index contributed by atoms with van der Waals surface area (Å²) in [5.74, 6) is -0.524. The third-order valence-corrected chi connectivity index (χ3v) is 5.86. The summed E-state index contributed by atoms with van der Waals surface area (Å²) < 4.78 is 14.2. The second-order valence-electron chi connectivity index (χ2n) is 7.21. The van der Waals surface area contributed by atoms with Crippen molar-refractivity contribution < 1.29 is 14.0 Å². The van der Waals surface area contributed by atoms with E-state index in [-0.39, 0.29) is 17.6 Å². The Hall–Kier alpha value is -2.67. The van der Waals surface area contributed by atoms with E-state index in [9.17, 15) is 14.0 Å². The monoisotopic (exact) mass is 457 g/mol. The number of hydrogen-bond donors (Lipinski definition) is 2. The first kappa shape index (κ1) is 19.6. The minimum absolute atomic E-state index is 0.117. The molecule has 1 aliphatic heterocycles. The Bertz CT molecular complexity index is 1050. The number of hydrogen-bond acceptors (Lipinski definition) is 2. The van der Waals surface area contributed by atoms with Crippen LogP contribution in [0, 0.1) is 5.82 Å². The fourth-order valence-corrected chi connectivity index (χ4v) is 4.11. The van der Waals surface area contributed by atoms with E-state index in [4.69, 9.17) is 0 Å². The van der Waals surface area contributed by atoms with E-state index >= 15 is 0 Å². The van der Waals surface area contributed by atoms with Gasteiger partial charge in [-0.25, -0.2) is 4.39 Å². The third-order valence-electron chi connectivity index (χ3n) is 5.33. The Morgan fingerprint density at radius 3 is 2.79 bits per heavy atom. The zero-order chi connectivity index (χ0) is 20.4. The average molecular weight is 458 g/mol. The van der Waals surface area contributed by atoms with Gasteiger partial charge >= 0.3 is 0 Å². The van der Waals surface area contributed by atoms with Crippen molar-refractivity contribution >= 4 is 38.6 Å². The molecule has 1 atom stereocenters. The molecule has 0 saturated carbocycles. The molecule has 7 heteroatoms. The molecule has 2 heterocycles. The van der Waals surface area contributed by atoms with Crippen LogP contribution in [-0.4, -0.2) is 40.8 Å². The fourth-order valence-electron chi connectivity index (χ4n) is 3.84. The maximum atomic E-state index is 13.3. The highest BCUT2D eigenvalue weighted by atomic mass is 79.9. The summed E-state index contributed by atoms with van der Waals surface area (Å²) in [5, 5.41) is 3.91. The van der Waals surface area contributed by atoms with Gasteiger partial charge in [-0.1, -0.05) is 15.9 Å². The highest BCUT2D eigenvalue weighted by Gasteiger charge is 2.34. The van der Waals surface area contributed by atoms with E-state index < -0.39 is 6.04 Å². The number of likely N-dealkylation sites (tertiary alicyclic amines) is 1. The van der Waals surface area contributed by atoms with Crippen molar-refractivity contribution in [1.82, 2.24) is 15.2 Å². The van der Waals surface area contributed by atoms with Gasteiger partial charge in [0.15, 0.2) is 0 Å². The summed E-state index contributed by atoms with van der Waals surface area (Å²) in [7, 11) is 0. The Balaban J connectivity index is 1.37. The van der Waals surface area contributed by atoms with Gasteiger partial charge in [0.05, 0.1) is 0 Å². The summed E-state index contributed by atoms with van der Waals surface area (Å²) in [6.07, 6.45) is 3.95. The Morgan fingerprint density at radius 1 is 1.21 bits per heavy atom. The molecule has 150 valence electrons. The van der Waals surface area contributed by atoms with Gasteiger partial charge in [0, 0.05) is 40.2 Å². The predicted molar refractivity (Wildman–Crippen MR) is 113 cm³/mol. The molecule has 29 heavy (non-hydrogen) atoms. The number of carbonyl (C=O) groups is 2. The molecule has 1 aromatic heterocycles. The average Bonchev–Trinajstić information content (AvgIpc) is 3.35. The molecule has 4 rings (SSSR count). The van der Waals surface area contributed by atoms with Crippen LogP contribution in [0.4, 0.5) is 4.39 Å². The largest absolute Gasteiger partial charge is 0.361 e. The molecule has 1 saturated heterocycles. The smallest absolute Gasteiger partial charge is 0.254 e. The first-order chi connectivity index (χ1) is 14.0. The number of nitrogens with zero attached hydrogens (tertiary/aromatic N) is 1. The lowest BCUT2D eigenvalue weighted by molar-refractivity contribution is -0.124. The Kier molecular flexibility index (Phi) is 5.67. The third kappa shape index (κ3) is 4.19. The summed E-state index contributed by atoms with van der Waals surface area (Å²) in [6, 6.07) is 11.4. The Labute approximate surface area is 176 Å². The van der Waals surface area contributed by atoms with Gasteiger partial charge in [-0.05, 0) is 67.3 Å². The standard InChI is InChI=1S/C22H21BrFN3O2/c23-16-5-3-14(4-6-16)22(29)27-11-1-2-20(27)21(28)25-10-9-15-13-26-19-12-17(24)7-8-18(15)19/h3-8,12-13,20,26H,1-2,9-11H2,(H,25,28). The van der Waals surface area contributed by atoms with Crippen LogP contribution >= 0.6 is 15.9 Å². The quantitative estimate of drug-likeness (QED) is 0.607. The van der Waals surface area contributed by atoms with E-state index in [1.807, 2.05) is 18.3 Å². The number of benzene rings is 2. The fraction of sp³-hybridized carbons (Fsp3) is 0.273. The summed E-state index contributed by atoms with van der Waals surface area (Å²) in [6.45, 7) is 1.04. The van der Waals surface area contributed by atoms with Crippen LogP contribution in [0.2, 0.25) is 0 Å². The predicted octanol–water partition coefficient (Wildman–Crippen LogP) is 4.03. The normalized spacial score (nSPS) is 16.3. The minimum atomic E-state index is -0.441. The first-order valence-corrected chi connectivity index (χ1v) is 10.4. The maximum Gasteiger partial charge on any atom is 0.254 e. The molecule has 1 unspecified atom stereocenters. The van der Waals surface area contributed by atoms with Crippen LogP contribution < -0.4 is 5.32 Å². The highest BCUT2D eigenvalue weighted by Crippen LogP contribution is 2.22. The van der Waals surface area contributed by atoms with E-state index in [2.05, 4.69) is 26.2 Å². The van der Waals surface area contributed by atoms with Crippen LogP contribution in [0.25, 0.3) is 10.9 Å². The van der Waals surface area contributed by atoms with Gasteiger partial charge in [-0.2, -0.15) is 0 Å². The number of carbonyl (C=O) groups excluding carboxylic acids is 2. The van der Waals surface area contributed by atoms with Crippen molar-refractivity contribution in [2.24, 2.45) is 0 Å². The number of rotatable bonds is 5. The number of H-pyrrole nitrogens is 1. The van der Waals surface area contributed by atoms with Crippen molar-refractivity contribution in [1.29, 1.82) is 0 Å². The van der Waals surface area contributed by atoms with Gasteiger partial charge < -0.3 is 15.2 Å². The van der Waals surface area contributed by atoms with Crippen LogP contribution in [-0.2, 0) is 11.2 Å². The van der Waals surface area contributed by atoms with Crippen LogP contribution in [0.3, 0.4) is 0 Å². The van der Waals surface area contributed by atoms with Crippen molar-refractivity contribution in [2.45, 2.75) is 25.3 Å². The van der Waals surface area contributed by atoms with Crippen molar-refractivity contribution in [3.8, 4) is 0 Å². The molecule has 0 radical (unpaired) electrons. The topological polar surface area (TPSA) is 65.2 Å².